The van der Waals surface area contributed by atoms with Crippen LogP contribution in [-0.2, 0) is 12.4 Å². The largest absolute Gasteiger partial charge is 0.345 e. The van der Waals surface area contributed by atoms with E-state index in [2.05, 4.69) is 14.9 Å². The average Bonchev–Trinajstić information content (AvgIpc) is 2.86. The maximum absolute atomic E-state index is 5.70. The Morgan fingerprint density at radius 3 is 2.87 bits per heavy atom. The number of rotatable bonds is 4. The summed E-state index contributed by atoms with van der Waals surface area (Å²) >= 11 is 8.92. The van der Waals surface area contributed by atoms with Gasteiger partial charge >= 0.3 is 0 Å². The Hall–Kier alpha value is -0.650. The normalized spacial score (nSPS) is 10.5. The van der Waals surface area contributed by atoms with Crippen molar-refractivity contribution >= 4 is 39.4 Å². The Bertz CT molecular complexity index is 413. The van der Waals surface area contributed by atoms with Gasteiger partial charge in [0, 0.05) is 17.8 Å². The predicted molar refractivity (Wildman–Crippen MR) is 65.9 cm³/mol. The van der Waals surface area contributed by atoms with Gasteiger partial charge in [0.05, 0.1) is 29.3 Å². The zero-order valence-electron chi connectivity index (χ0n) is 8.18. The van der Waals surface area contributed by atoms with Gasteiger partial charge in [0.25, 0.3) is 0 Å². The molecule has 0 N–H and O–H groups in total. The summed E-state index contributed by atoms with van der Waals surface area (Å²) in [4.78, 5) is 10.7. The molecule has 0 unspecified atom stereocenters. The Morgan fingerprint density at radius 2 is 2.27 bits per heavy atom. The molecule has 2 aromatic rings. The summed E-state index contributed by atoms with van der Waals surface area (Å²) in [5, 5.41) is 5.02. The number of aromatic nitrogens is 2. The SMILES string of the molecule is CN(Cc1cscn1)c1nc(CCl)cs1. The van der Waals surface area contributed by atoms with Crippen LogP contribution in [0.5, 0.6) is 0 Å². The van der Waals surface area contributed by atoms with E-state index in [4.69, 9.17) is 11.6 Å². The lowest BCUT2D eigenvalue weighted by molar-refractivity contribution is 0.884. The van der Waals surface area contributed by atoms with Crippen molar-refractivity contribution in [2.45, 2.75) is 12.4 Å². The lowest BCUT2D eigenvalue weighted by Gasteiger charge is -2.13. The number of hydrogen-bond donors (Lipinski definition) is 0. The molecule has 0 radical (unpaired) electrons. The van der Waals surface area contributed by atoms with Crippen molar-refractivity contribution in [2.75, 3.05) is 11.9 Å². The maximum atomic E-state index is 5.70. The third kappa shape index (κ3) is 2.68. The Balaban J connectivity index is 2.04. The quantitative estimate of drug-likeness (QED) is 0.791. The van der Waals surface area contributed by atoms with Gasteiger partial charge in [-0.05, 0) is 0 Å². The smallest absolute Gasteiger partial charge is 0.185 e. The second-order valence-electron chi connectivity index (χ2n) is 3.09. The molecule has 3 nitrogen and oxygen atoms in total. The first-order chi connectivity index (χ1) is 7.29. The van der Waals surface area contributed by atoms with Gasteiger partial charge in [-0.2, -0.15) is 0 Å². The van der Waals surface area contributed by atoms with E-state index >= 15 is 0 Å². The molecule has 0 fully saturated rings. The molecule has 0 aliphatic heterocycles. The van der Waals surface area contributed by atoms with E-state index in [1.807, 2.05) is 23.3 Å². The highest BCUT2D eigenvalue weighted by Gasteiger charge is 2.07. The van der Waals surface area contributed by atoms with Crippen molar-refractivity contribution in [3.05, 3.63) is 27.7 Å². The zero-order chi connectivity index (χ0) is 10.7. The molecule has 0 saturated carbocycles. The molecular formula is C9H10ClN3S2. The molecule has 0 bridgehead atoms. The van der Waals surface area contributed by atoms with Gasteiger partial charge in [-0.3, -0.25) is 0 Å². The second-order valence-corrected chi connectivity index (χ2v) is 4.91. The predicted octanol–water partition coefficient (Wildman–Crippen LogP) is 2.97. The molecular weight excluding hydrogens is 250 g/mol. The van der Waals surface area contributed by atoms with Gasteiger partial charge < -0.3 is 4.90 Å². The van der Waals surface area contributed by atoms with Crippen LogP contribution in [0.1, 0.15) is 11.4 Å². The summed E-state index contributed by atoms with van der Waals surface area (Å²) < 4.78 is 0. The molecule has 2 rings (SSSR count). The van der Waals surface area contributed by atoms with E-state index in [0.717, 1.165) is 23.1 Å². The van der Waals surface area contributed by atoms with Crippen LogP contribution in [0.3, 0.4) is 0 Å². The molecule has 0 saturated heterocycles. The van der Waals surface area contributed by atoms with Gasteiger partial charge in [0.2, 0.25) is 0 Å². The van der Waals surface area contributed by atoms with E-state index < -0.39 is 0 Å². The fourth-order valence-electron chi connectivity index (χ4n) is 1.16. The number of nitrogens with zero attached hydrogens (tertiary/aromatic N) is 3. The van der Waals surface area contributed by atoms with Gasteiger partial charge in [-0.15, -0.1) is 34.3 Å². The molecule has 15 heavy (non-hydrogen) atoms. The van der Waals surface area contributed by atoms with Crippen molar-refractivity contribution in [2.24, 2.45) is 0 Å². The zero-order valence-corrected chi connectivity index (χ0v) is 10.6. The number of alkyl halides is 1. The minimum atomic E-state index is 0.473. The number of halogens is 1. The molecule has 0 aromatic carbocycles. The van der Waals surface area contributed by atoms with Crippen LogP contribution in [0.15, 0.2) is 16.3 Å². The van der Waals surface area contributed by atoms with E-state index in [0.29, 0.717) is 5.88 Å². The lowest BCUT2D eigenvalue weighted by Crippen LogP contribution is -2.16. The number of anilines is 1. The Kier molecular flexibility index (Phi) is 3.56. The first kappa shape index (κ1) is 10.9. The highest BCUT2D eigenvalue weighted by atomic mass is 35.5. The first-order valence-corrected chi connectivity index (χ1v) is 6.74. The lowest BCUT2D eigenvalue weighted by atomic mass is 10.4. The van der Waals surface area contributed by atoms with Crippen molar-refractivity contribution in [3.8, 4) is 0 Å². The van der Waals surface area contributed by atoms with E-state index in [-0.39, 0.29) is 0 Å². The maximum Gasteiger partial charge on any atom is 0.185 e. The fourth-order valence-corrected chi connectivity index (χ4v) is 2.73. The van der Waals surface area contributed by atoms with Crippen LogP contribution in [0.4, 0.5) is 5.13 Å². The fraction of sp³-hybridized carbons (Fsp3) is 0.333. The molecule has 6 heteroatoms. The number of thiazole rings is 2. The highest BCUT2D eigenvalue weighted by Crippen LogP contribution is 2.21. The summed E-state index contributed by atoms with van der Waals surface area (Å²) in [5.74, 6) is 0.473. The minimum Gasteiger partial charge on any atom is -0.345 e. The van der Waals surface area contributed by atoms with Crippen LogP contribution in [-0.4, -0.2) is 17.0 Å². The highest BCUT2D eigenvalue weighted by molar-refractivity contribution is 7.13. The molecule has 0 atom stereocenters. The van der Waals surface area contributed by atoms with Crippen LogP contribution < -0.4 is 4.90 Å². The molecule has 80 valence electrons. The van der Waals surface area contributed by atoms with Crippen LogP contribution in [0.25, 0.3) is 0 Å². The second kappa shape index (κ2) is 4.92. The van der Waals surface area contributed by atoms with Crippen LogP contribution in [0.2, 0.25) is 0 Å². The summed E-state index contributed by atoms with van der Waals surface area (Å²) in [6, 6.07) is 0. The van der Waals surface area contributed by atoms with Gasteiger partial charge in [-0.1, -0.05) is 0 Å². The third-order valence-electron chi connectivity index (χ3n) is 1.89. The molecule has 0 aliphatic rings. The topological polar surface area (TPSA) is 29.0 Å². The van der Waals surface area contributed by atoms with Crippen LogP contribution in [0, 0.1) is 0 Å². The first-order valence-electron chi connectivity index (χ1n) is 4.38. The Morgan fingerprint density at radius 1 is 1.40 bits per heavy atom. The minimum absolute atomic E-state index is 0.473. The van der Waals surface area contributed by atoms with Crippen LogP contribution >= 0.6 is 34.3 Å². The standard InChI is InChI=1S/C9H10ClN3S2/c1-13(3-8-4-14-6-11-8)9-12-7(2-10)5-15-9/h4-6H,2-3H2,1H3. The van der Waals surface area contributed by atoms with Crippen molar-refractivity contribution in [1.82, 2.24) is 9.97 Å². The van der Waals surface area contributed by atoms with E-state index in [1.165, 1.54) is 0 Å². The van der Waals surface area contributed by atoms with Gasteiger partial charge in [0.1, 0.15) is 0 Å². The van der Waals surface area contributed by atoms with E-state index in [1.54, 1.807) is 22.7 Å². The van der Waals surface area contributed by atoms with Crippen molar-refractivity contribution < 1.29 is 0 Å². The Labute approximate surface area is 101 Å². The van der Waals surface area contributed by atoms with E-state index in [9.17, 15) is 0 Å². The molecule has 0 amide bonds. The molecule has 0 aliphatic carbocycles. The third-order valence-corrected chi connectivity index (χ3v) is 3.80. The van der Waals surface area contributed by atoms with Gasteiger partial charge in [-0.25, -0.2) is 9.97 Å². The van der Waals surface area contributed by atoms with Crippen molar-refractivity contribution in [1.29, 1.82) is 0 Å². The molecule has 0 spiro atoms. The van der Waals surface area contributed by atoms with Crippen molar-refractivity contribution in [3.63, 3.8) is 0 Å². The summed E-state index contributed by atoms with van der Waals surface area (Å²) in [5.41, 5.74) is 3.85. The van der Waals surface area contributed by atoms with Gasteiger partial charge in [0.15, 0.2) is 5.13 Å². The summed E-state index contributed by atoms with van der Waals surface area (Å²) in [7, 11) is 2.01. The summed E-state index contributed by atoms with van der Waals surface area (Å²) in [6.07, 6.45) is 0. The number of hydrogen-bond acceptors (Lipinski definition) is 5. The molecule has 2 aromatic heterocycles. The summed E-state index contributed by atoms with van der Waals surface area (Å²) in [6.45, 7) is 0.790. The monoisotopic (exact) mass is 259 g/mol. The molecule has 2 heterocycles. The average molecular weight is 260 g/mol.